The first kappa shape index (κ1) is 15.6. The van der Waals surface area contributed by atoms with E-state index in [0.717, 1.165) is 16.2 Å². The molecular weight excluding hydrogens is 336 g/mol. The molecule has 1 N–H and O–H groups in total. The largest absolute Gasteiger partial charge is 0.360 e. The maximum Gasteiger partial charge on any atom is 0.206 e. The highest BCUT2D eigenvalue weighted by molar-refractivity contribution is 7.14. The molecule has 0 aliphatic heterocycles. The van der Waals surface area contributed by atoms with E-state index >= 15 is 0 Å². The van der Waals surface area contributed by atoms with Gasteiger partial charge in [-0.2, -0.15) is 5.10 Å². The zero-order chi connectivity index (χ0) is 16.2. The van der Waals surface area contributed by atoms with Crippen LogP contribution in [0.25, 0.3) is 10.6 Å². The molecule has 3 aromatic heterocycles. The lowest BCUT2D eigenvalue weighted by Gasteiger charge is -2.16. The zero-order valence-electron chi connectivity index (χ0n) is 13.4. The molecule has 1 aliphatic carbocycles. The van der Waals surface area contributed by atoms with Gasteiger partial charge in [0.25, 0.3) is 0 Å². The molecule has 4 rings (SSSR count). The molecule has 124 valence electrons. The van der Waals surface area contributed by atoms with E-state index in [1.54, 1.807) is 22.7 Å². The van der Waals surface area contributed by atoms with Crippen molar-refractivity contribution in [3.8, 4) is 10.6 Å². The second kappa shape index (κ2) is 7.32. The quantitative estimate of drug-likeness (QED) is 0.658. The van der Waals surface area contributed by atoms with E-state index in [4.69, 9.17) is 10.1 Å². The monoisotopic (exact) mass is 356 g/mol. The number of nitrogens with zero attached hydrogens (tertiary/aromatic N) is 3. The van der Waals surface area contributed by atoms with Crippen LogP contribution in [0.15, 0.2) is 51.3 Å². The van der Waals surface area contributed by atoms with Gasteiger partial charge in [0.2, 0.25) is 4.80 Å². The van der Waals surface area contributed by atoms with Crippen LogP contribution in [0.4, 0.5) is 0 Å². The molecule has 1 saturated carbocycles. The van der Waals surface area contributed by atoms with E-state index in [2.05, 4.69) is 27.9 Å². The van der Waals surface area contributed by atoms with Crippen LogP contribution in [-0.4, -0.2) is 21.9 Å². The van der Waals surface area contributed by atoms with Gasteiger partial charge in [0.05, 0.1) is 28.5 Å². The highest BCUT2D eigenvalue weighted by Crippen LogP contribution is 2.26. The summed E-state index contributed by atoms with van der Waals surface area (Å²) in [4.78, 5) is 10.4. The van der Waals surface area contributed by atoms with Gasteiger partial charge < -0.3 is 4.98 Å². The Morgan fingerprint density at radius 2 is 2.04 bits per heavy atom. The maximum absolute atomic E-state index is 5.01. The third-order valence-corrected chi connectivity index (χ3v) is 5.98. The summed E-state index contributed by atoms with van der Waals surface area (Å²) < 4.78 is 1.99. The van der Waals surface area contributed by atoms with E-state index in [1.807, 2.05) is 29.2 Å². The van der Waals surface area contributed by atoms with Crippen molar-refractivity contribution in [2.75, 3.05) is 0 Å². The summed E-state index contributed by atoms with van der Waals surface area (Å²) in [6.07, 6.45) is 10.1. The van der Waals surface area contributed by atoms with Gasteiger partial charge in [0.15, 0.2) is 0 Å². The molecule has 0 bridgehead atoms. The van der Waals surface area contributed by atoms with Crippen LogP contribution >= 0.6 is 22.7 Å². The van der Waals surface area contributed by atoms with E-state index in [9.17, 15) is 0 Å². The Kier molecular flexibility index (Phi) is 4.76. The summed E-state index contributed by atoms with van der Waals surface area (Å²) in [6.45, 7) is 0. The van der Waals surface area contributed by atoms with Crippen LogP contribution in [0.1, 0.15) is 37.8 Å². The third kappa shape index (κ3) is 3.44. The second-order valence-corrected chi connectivity index (χ2v) is 7.77. The van der Waals surface area contributed by atoms with E-state index in [0.29, 0.717) is 6.04 Å². The molecule has 0 atom stereocenters. The molecule has 3 heterocycles. The lowest BCUT2D eigenvalue weighted by atomic mass is 9.96. The molecule has 1 fully saturated rings. The second-order valence-electron chi connectivity index (χ2n) is 5.98. The smallest absolute Gasteiger partial charge is 0.206 e. The Morgan fingerprint density at radius 3 is 2.79 bits per heavy atom. The maximum atomic E-state index is 5.01. The Bertz CT molecular complexity index is 847. The number of nitrogens with one attached hydrogen (secondary N) is 1. The van der Waals surface area contributed by atoms with Crippen molar-refractivity contribution in [2.45, 2.75) is 38.1 Å². The summed E-state index contributed by atoms with van der Waals surface area (Å²) in [5.74, 6) is 0. The van der Waals surface area contributed by atoms with Crippen molar-refractivity contribution in [1.82, 2.24) is 9.66 Å². The summed E-state index contributed by atoms with van der Waals surface area (Å²) in [5.41, 5.74) is 2.11. The molecule has 24 heavy (non-hydrogen) atoms. The summed E-state index contributed by atoms with van der Waals surface area (Å²) in [7, 11) is 0. The lowest BCUT2D eigenvalue weighted by Crippen LogP contribution is -2.18. The lowest BCUT2D eigenvalue weighted by molar-refractivity contribution is 0.435. The van der Waals surface area contributed by atoms with Crippen molar-refractivity contribution in [3.63, 3.8) is 0 Å². The van der Waals surface area contributed by atoms with Gasteiger partial charge in [-0.15, -0.1) is 22.7 Å². The molecule has 6 heteroatoms. The van der Waals surface area contributed by atoms with Crippen LogP contribution in [0.2, 0.25) is 0 Å². The van der Waals surface area contributed by atoms with Gasteiger partial charge in [0, 0.05) is 11.6 Å². The Hall–Kier alpha value is -1.92. The molecule has 0 aromatic carbocycles. The number of hydrogen-bond acceptors (Lipinski definition) is 4. The number of thiophene rings is 1. The number of thiazole rings is 1. The van der Waals surface area contributed by atoms with Crippen LogP contribution in [0, 0.1) is 0 Å². The van der Waals surface area contributed by atoms with Gasteiger partial charge in [0.1, 0.15) is 0 Å². The minimum absolute atomic E-state index is 0.445. The molecule has 1 aliphatic rings. The zero-order valence-corrected chi connectivity index (χ0v) is 15.0. The average molecular weight is 357 g/mol. The molecule has 0 unspecified atom stereocenters. The molecular formula is C18H20N4S2. The number of H-pyrrole nitrogens is 1. The molecule has 3 aromatic rings. The molecule has 4 nitrogen and oxygen atoms in total. The standard InChI is InChI=1S/C18H20N4S2/c1-2-6-14(7-3-1)21-18-22(20-12-15-8-4-10-19-15)16(13-24-18)17-9-5-11-23-17/h4-5,8-14,19H,1-3,6-7H2. The van der Waals surface area contributed by atoms with Gasteiger partial charge >= 0.3 is 0 Å². The van der Waals surface area contributed by atoms with Crippen molar-refractivity contribution >= 4 is 28.9 Å². The van der Waals surface area contributed by atoms with Gasteiger partial charge in [-0.3, -0.25) is 4.99 Å². The van der Waals surface area contributed by atoms with Crippen molar-refractivity contribution in [2.24, 2.45) is 10.1 Å². The summed E-state index contributed by atoms with van der Waals surface area (Å²) >= 11 is 3.42. The highest BCUT2D eigenvalue weighted by atomic mass is 32.1. The summed E-state index contributed by atoms with van der Waals surface area (Å²) in [5, 5.41) is 8.98. The molecule has 0 radical (unpaired) electrons. The minimum atomic E-state index is 0.445. The normalized spacial score (nSPS) is 17.1. The third-order valence-electron chi connectivity index (χ3n) is 4.26. The highest BCUT2D eigenvalue weighted by Gasteiger charge is 2.14. The topological polar surface area (TPSA) is 45.4 Å². The van der Waals surface area contributed by atoms with E-state index in [-0.39, 0.29) is 0 Å². The number of aromatic nitrogens is 2. The Morgan fingerprint density at radius 1 is 1.12 bits per heavy atom. The SMILES string of the molecule is C(=Nn1c(-c2cccs2)csc1=NC1CCCCC1)c1ccc[nH]1. The van der Waals surface area contributed by atoms with E-state index in [1.165, 1.54) is 37.0 Å². The van der Waals surface area contributed by atoms with Crippen molar-refractivity contribution < 1.29 is 0 Å². The predicted molar refractivity (Wildman–Crippen MR) is 102 cm³/mol. The number of aromatic amines is 1. The molecule has 0 amide bonds. The van der Waals surface area contributed by atoms with Crippen LogP contribution in [-0.2, 0) is 0 Å². The molecule has 0 saturated heterocycles. The minimum Gasteiger partial charge on any atom is -0.360 e. The first-order valence-electron chi connectivity index (χ1n) is 8.36. The Balaban J connectivity index is 1.74. The van der Waals surface area contributed by atoms with E-state index < -0.39 is 0 Å². The first-order valence-corrected chi connectivity index (χ1v) is 10.1. The Labute approximate surface area is 149 Å². The fraction of sp³-hybridized carbons (Fsp3) is 0.333. The predicted octanol–water partition coefficient (Wildman–Crippen LogP) is 4.72. The van der Waals surface area contributed by atoms with Gasteiger partial charge in [-0.05, 0) is 36.4 Å². The fourth-order valence-corrected chi connectivity index (χ4v) is 4.71. The average Bonchev–Trinajstić information content (AvgIpc) is 3.36. The fourth-order valence-electron chi connectivity index (χ4n) is 3.01. The van der Waals surface area contributed by atoms with Crippen molar-refractivity contribution in [1.29, 1.82) is 0 Å². The van der Waals surface area contributed by atoms with Crippen LogP contribution < -0.4 is 4.80 Å². The number of rotatable bonds is 4. The van der Waals surface area contributed by atoms with Gasteiger partial charge in [-0.25, -0.2) is 4.68 Å². The number of hydrogen-bond donors (Lipinski definition) is 1. The van der Waals surface area contributed by atoms with Crippen molar-refractivity contribution in [3.05, 3.63) is 51.7 Å². The first-order chi connectivity index (χ1) is 11.9. The van der Waals surface area contributed by atoms with Gasteiger partial charge in [-0.1, -0.05) is 25.3 Å². The van der Waals surface area contributed by atoms with Crippen LogP contribution in [0.5, 0.6) is 0 Å². The molecule has 0 spiro atoms. The summed E-state index contributed by atoms with van der Waals surface area (Å²) in [6, 6.07) is 8.65. The van der Waals surface area contributed by atoms with Crippen LogP contribution in [0.3, 0.4) is 0 Å².